The van der Waals surface area contributed by atoms with Crippen LogP contribution in [0.5, 0.6) is 0 Å². The molecule has 45 heavy (non-hydrogen) atoms. The smallest absolute Gasteiger partial charge is 0.338 e. The Labute approximate surface area is 263 Å². The second-order valence-corrected chi connectivity index (χ2v) is 12.5. The molecule has 3 atom stereocenters. The fourth-order valence-corrected chi connectivity index (χ4v) is 7.14. The molecule has 0 unspecified atom stereocenters. The lowest BCUT2D eigenvalue weighted by atomic mass is 9.82. The summed E-state index contributed by atoms with van der Waals surface area (Å²) in [4.78, 5) is 50.8. The van der Waals surface area contributed by atoms with Crippen molar-refractivity contribution in [3.63, 3.8) is 0 Å². The SMILES string of the molecule is CCOC(=O)C1=C(CN2CC(F)(F)[C@@H]3C(=O)N(CC(CC)(CC)C(=O)O)C[C@@H]32)NC(c2nccs2)=N[C@H]1c1cccc(F)c1C. The van der Waals surface area contributed by atoms with Crippen molar-refractivity contribution in [2.45, 2.75) is 58.5 Å². The number of likely N-dealkylation sites (tertiary alicyclic amines) is 2. The van der Waals surface area contributed by atoms with Crippen molar-refractivity contribution in [2.75, 3.05) is 32.8 Å². The van der Waals surface area contributed by atoms with Crippen molar-refractivity contribution in [3.8, 4) is 0 Å². The van der Waals surface area contributed by atoms with E-state index in [0.717, 1.165) is 0 Å². The van der Waals surface area contributed by atoms with E-state index in [1.54, 1.807) is 45.3 Å². The monoisotopic (exact) mass is 647 g/mol. The number of benzene rings is 1. The summed E-state index contributed by atoms with van der Waals surface area (Å²) < 4.78 is 51.3. The minimum absolute atomic E-state index is 0.0314. The number of carbonyl (C=O) groups is 3. The van der Waals surface area contributed by atoms with E-state index in [2.05, 4.69) is 10.3 Å². The lowest BCUT2D eigenvalue weighted by Crippen LogP contribution is -2.47. The number of thiazole rings is 1. The molecule has 2 N–H and O–H groups in total. The number of fused-ring (bicyclic) bond motifs is 1. The Morgan fingerprint density at radius 2 is 1.98 bits per heavy atom. The molecule has 2 fully saturated rings. The van der Waals surface area contributed by atoms with Gasteiger partial charge in [-0.15, -0.1) is 11.3 Å². The second-order valence-electron chi connectivity index (χ2n) is 11.6. The van der Waals surface area contributed by atoms with Crippen LogP contribution >= 0.6 is 11.3 Å². The molecule has 0 bridgehead atoms. The number of aliphatic imine (C=N–C) groups is 1. The maximum atomic E-state index is 15.6. The maximum absolute atomic E-state index is 15.6. The van der Waals surface area contributed by atoms with E-state index in [0.29, 0.717) is 10.6 Å². The van der Waals surface area contributed by atoms with E-state index in [1.165, 1.54) is 33.3 Å². The number of carboxylic acids is 1. The highest BCUT2D eigenvalue weighted by Gasteiger charge is 2.63. The number of carboxylic acid groups (broad SMARTS) is 1. The fraction of sp³-hybridized carbons (Fsp3) is 0.516. The maximum Gasteiger partial charge on any atom is 0.338 e. The first-order valence-electron chi connectivity index (χ1n) is 14.9. The number of hydrogen-bond donors (Lipinski definition) is 2. The van der Waals surface area contributed by atoms with Gasteiger partial charge in [-0.2, -0.15) is 0 Å². The van der Waals surface area contributed by atoms with Crippen LogP contribution < -0.4 is 5.32 Å². The molecule has 1 aromatic carbocycles. The van der Waals surface area contributed by atoms with E-state index in [1.807, 2.05) is 0 Å². The molecule has 2 saturated heterocycles. The first-order valence-corrected chi connectivity index (χ1v) is 15.8. The largest absolute Gasteiger partial charge is 0.481 e. The molecule has 0 aliphatic carbocycles. The highest BCUT2D eigenvalue weighted by Crippen LogP contribution is 2.45. The van der Waals surface area contributed by atoms with Gasteiger partial charge in [0, 0.05) is 43.0 Å². The first kappa shape index (κ1) is 32.6. The van der Waals surface area contributed by atoms with E-state index < -0.39 is 59.5 Å². The molecule has 4 heterocycles. The lowest BCUT2D eigenvalue weighted by molar-refractivity contribution is -0.153. The Morgan fingerprint density at radius 3 is 2.60 bits per heavy atom. The number of halogens is 3. The number of esters is 1. The normalized spacial score (nSPS) is 23.2. The van der Waals surface area contributed by atoms with Gasteiger partial charge in [-0.05, 0) is 43.9 Å². The van der Waals surface area contributed by atoms with Crippen molar-refractivity contribution in [2.24, 2.45) is 16.3 Å². The zero-order valence-corrected chi connectivity index (χ0v) is 26.3. The number of amides is 1. The summed E-state index contributed by atoms with van der Waals surface area (Å²) in [5, 5.41) is 15.3. The Morgan fingerprint density at radius 1 is 1.24 bits per heavy atom. The Balaban J connectivity index is 1.56. The molecule has 5 rings (SSSR count). The number of ether oxygens (including phenoxy) is 1. The molecule has 1 amide bonds. The number of aromatic nitrogens is 1. The van der Waals surface area contributed by atoms with Crippen LogP contribution in [0.3, 0.4) is 0 Å². The fourth-order valence-electron chi connectivity index (χ4n) is 6.55. The standard InChI is InChI=1S/C31H36F3N5O5S/c1-5-30(6-2,29(42)43)15-39-14-21-23(27(39)40)31(33,34)16-38(21)13-20-22(28(41)44-7-3)24(18-9-8-10-19(32)17(18)4)37-25(36-20)26-35-11-12-45-26/h8-12,21,23-24H,5-7,13-16H2,1-4H3,(H,36,37)(H,42,43)/t21-,23-,24-/m0/s1. The van der Waals surface area contributed by atoms with Gasteiger partial charge in [-0.3, -0.25) is 19.5 Å². The third kappa shape index (κ3) is 5.85. The molecule has 2 aromatic rings. The molecular formula is C31H36F3N5O5S. The summed E-state index contributed by atoms with van der Waals surface area (Å²) in [6.07, 6.45) is 2.04. The number of rotatable bonds is 11. The van der Waals surface area contributed by atoms with Gasteiger partial charge in [-0.1, -0.05) is 26.0 Å². The van der Waals surface area contributed by atoms with Gasteiger partial charge in [0.1, 0.15) is 17.8 Å². The molecular weight excluding hydrogens is 611 g/mol. The predicted octanol–water partition coefficient (Wildman–Crippen LogP) is 4.17. The van der Waals surface area contributed by atoms with Gasteiger partial charge < -0.3 is 20.1 Å². The zero-order chi connectivity index (χ0) is 32.7. The van der Waals surface area contributed by atoms with Crippen LogP contribution in [0, 0.1) is 24.1 Å². The van der Waals surface area contributed by atoms with Crippen molar-refractivity contribution in [1.82, 2.24) is 20.1 Å². The molecule has 10 nitrogen and oxygen atoms in total. The molecule has 0 spiro atoms. The van der Waals surface area contributed by atoms with Crippen molar-refractivity contribution in [3.05, 3.63) is 63.0 Å². The van der Waals surface area contributed by atoms with E-state index >= 15 is 8.78 Å². The minimum Gasteiger partial charge on any atom is -0.481 e. The van der Waals surface area contributed by atoms with Gasteiger partial charge in [0.05, 0.1) is 24.1 Å². The van der Waals surface area contributed by atoms with Crippen LogP contribution in [0.2, 0.25) is 0 Å². The molecule has 14 heteroatoms. The number of hydrogen-bond acceptors (Lipinski definition) is 9. The topological polar surface area (TPSA) is 124 Å². The third-order valence-corrected chi connectivity index (χ3v) is 10.0. The van der Waals surface area contributed by atoms with Crippen LogP contribution in [0.25, 0.3) is 0 Å². The minimum atomic E-state index is -3.40. The van der Waals surface area contributed by atoms with Crippen molar-refractivity contribution < 1.29 is 37.4 Å². The number of nitrogens with zero attached hydrogens (tertiary/aromatic N) is 4. The summed E-state index contributed by atoms with van der Waals surface area (Å²) in [6.45, 7) is 5.43. The van der Waals surface area contributed by atoms with Crippen molar-refractivity contribution in [1.29, 1.82) is 0 Å². The molecule has 0 saturated carbocycles. The molecule has 3 aliphatic heterocycles. The molecule has 1 aromatic heterocycles. The van der Waals surface area contributed by atoms with Crippen LogP contribution in [0.1, 0.15) is 55.8 Å². The number of alkyl halides is 2. The van der Waals surface area contributed by atoms with Crippen LogP contribution in [-0.4, -0.2) is 88.3 Å². The summed E-state index contributed by atoms with van der Waals surface area (Å²) >= 11 is 1.28. The van der Waals surface area contributed by atoms with Crippen LogP contribution in [-0.2, 0) is 19.1 Å². The average molecular weight is 648 g/mol. The van der Waals surface area contributed by atoms with Crippen LogP contribution in [0.4, 0.5) is 13.2 Å². The third-order valence-electron chi connectivity index (χ3n) is 9.23. The number of carbonyl (C=O) groups excluding carboxylic acids is 2. The van der Waals surface area contributed by atoms with Gasteiger partial charge in [-0.25, -0.2) is 22.9 Å². The molecule has 3 aliphatic rings. The Hall–Kier alpha value is -3.78. The van der Waals surface area contributed by atoms with E-state index in [-0.39, 0.29) is 61.8 Å². The molecule has 242 valence electrons. The number of aliphatic carboxylic acids is 1. The highest BCUT2D eigenvalue weighted by molar-refractivity contribution is 7.11. The summed E-state index contributed by atoms with van der Waals surface area (Å²) in [6, 6.07) is 2.49. The van der Waals surface area contributed by atoms with E-state index in [9.17, 15) is 23.9 Å². The van der Waals surface area contributed by atoms with E-state index in [4.69, 9.17) is 9.73 Å². The van der Waals surface area contributed by atoms with Crippen molar-refractivity contribution >= 4 is 35.0 Å². The molecule has 0 radical (unpaired) electrons. The number of amidine groups is 1. The second kappa shape index (κ2) is 12.5. The summed E-state index contributed by atoms with van der Waals surface area (Å²) in [5.41, 5.74) is -0.311. The van der Waals surface area contributed by atoms with Gasteiger partial charge in [0.2, 0.25) is 5.91 Å². The van der Waals surface area contributed by atoms with Gasteiger partial charge in [0.15, 0.2) is 10.8 Å². The summed E-state index contributed by atoms with van der Waals surface area (Å²) in [7, 11) is 0. The quantitative estimate of drug-likeness (QED) is 0.349. The Bertz CT molecular complexity index is 1540. The Kier molecular flexibility index (Phi) is 9.09. The highest BCUT2D eigenvalue weighted by atomic mass is 32.1. The lowest BCUT2D eigenvalue weighted by Gasteiger charge is -2.34. The van der Waals surface area contributed by atoms with Crippen LogP contribution in [0.15, 0.2) is 46.0 Å². The van der Waals surface area contributed by atoms with Gasteiger partial charge >= 0.3 is 11.9 Å². The average Bonchev–Trinajstić information content (AvgIpc) is 3.70. The van der Waals surface area contributed by atoms with Gasteiger partial charge in [0.25, 0.3) is 5.92 Å². The number of nitrogens with one attached hydrogen (secondary N) is 1. The first-order chi connectivity index (χ1) is 21.4. The zero-order valence-electron chi connectivity index (χ0n) is 25.5. The predicted molar refractivity (Wildman–Crippen MR) is 160 cm³/mol. The summed E-state index contributed by atoms with van der Waals surface area (Å²) in [5.74, 6) is -7.87.